The highest BCUT2D eigenvalue weighted by Gasteiger charge is 2.09. The third kappa shape index (κ3) is 4.32. The highest BCUT2D eigenvalue weighted by atomic mass is 32.1. The van der Waals surface area contributed by atoms with E-state index in [0.717, 1.165) is 27.5 Å². The van der Waals surface area contributed by atoms with Crippen molar-refractivity contribution >= 4 is 35.3 Å². The van der Waals surface area contributed by atoms with Crippen LogP contribution in [0, 0.1) is 4.77 Å². The van der Waals surface area contributed by atoms with Crippen LogP contribution in [0.3, 0.4) is 0 Å². The van der Waals surface area contributed by atoms with E-state index in [1.165, 1.54) is 11.5 Å². The van der Waals surface area contributed by atoms with Gasteiger partial charge in [0.1, 0.15) is 5.75 Å². The van der Waals surface area contributed by atoms with Gasteiger partial charge in [0.2, 0.25) is 4.80 Å². The molecule has 150 valence electrons. The van der Waals surface area contributed by atoms with Crippen LogP contribution >= 0.6 is 23.8 Å². The molecule has 0 spiro atoms. The smallest absolute Gasteiger partial charge is 0.214 e. The number of aryl methyl sites for hydroxylation is 1. The number of para-hydroxylation sites is 1. The Kier molecular flexibility index (Phi) is 6.02. The maximum absolute atomic E-state index is 5.65. The summed E-state index contributed by atoms with van der Waals surface area (Å²) in [6.45, 7) is 0. The lowest BCUT2D eigenvalue weighted by atomic mass is 10.2. The van der Waals surface area contributed by atoms with Crippen LogP contribution in [-0.4, -0.2) is 21.5 Å². The first-order valence-corrected chi connectivity index (χ1v) is 10.5. The van der Waals surface area contributed by atoms with Crippen molar-refractivity contribution in [3.05, 3.63) is 100 Å². The zero-order valence-corrected chi connectivity index (χ0v) is 18.2. The number of rotatable bonds is 4. The van der Waals surface area contributed by atoms with Gasteiger partial charge in [-0.15, -0.1) is 0 Å². The van der Waals surface area contributed by atoms with Crippen molar-refractivity contribution < 1.29 is 4.74 Å². The second-order valence-electron chi connectivity index (χ2n) is 6.44. The molecule has 0 amide bonds. The van der Waals surface area contributed by atoms with Crippen LogP contribution in [0.25, 0.3) is 5.69 Å². The Labute approximate surface area is 184 Å². The Morgan fingerprint density at radius 1 is 0.900 bits per heavy atom. The fraction of sp³-hybridized carbons (Fsp3) is 0.0870. The van der Waals surface area contributed by atoms with E-state index in [2.05, 4.69) is 0 Å². The molecule has 0 fully saturated rings. The molecule has 0 aliphatic rings. The molecule has 0 atom stereocenters. The van der Waals surface area contributed by atoms with Gasteiger partial charge in [-0.3, -0.25) is 8.52 Å². The molecule has 1 aromatic heterocycles. The van der Waals surface area contributed by atoms with Crippen LogP contribution in [0.5, 0.6) is 5.75 Å². The maximum Gasteiger partial charge on any atom is 0.214 e. The van der Waals surface area contributed by atoms with Crippen molar-refractivity contribution in [3.8, 4) is 11.4 Å². The summed E-state index contributed by atoms with van der Waals surface area (Å²) < 4.78 is 9.82. The van der Waals surface area contributed by atoms with Gasteiger partial charge in [0.25, 0.3) is 0 Å². The molecule has 0 aliphatic carbocycles. The van der Waals surface area contributed by atoms with Crippen LogP contribution in [0.15, 0.2) is 94.9 Å². The lowest BCUT2D eigenvalue weighted by Crippen LogP contribution is -2.15. The molecule has 1 heterocycles. The van der Waals surface area contributed by atoms with Gasteiger partial charge in [-0.2, -0.15) is 4.99 Å². The summed E-state index contributed by atoms with van der Waals surface area (Å²) in [5.74, 6) is 1.40. The number of amidine groups is 1. The molecule has 0 radical (unpaired) electrons. The number of hydrogen-bond acceptors (Lipinski definition) is 4. The first-order valence-electron chi connectivity index (χ1n) is 9.33. The highest BCUT2D eigenvalue weighted by molar-refractivity contribution is 7.71. The molecule has 30 heavy (non-hydrogen) atoms. The molecule has 0 N–H and O–H groups in total. The van der Waals surface area contributed by atoms with Crippen LogP contribution in [0.2, 0.25) is 0 Å². The predicted octanol–water partition coefficient (Wildman–Crippen LogP) is 5.29. The molecule has 4 rings (SSSR count). The second-order valence-corrected chi connectivity index (χ2v) is 7.90. The quantitative estimate of drug-likeness (QED) is 0.250. The molecule has 4 aromatic rings. The first-order chi connectivity index (χ1) is 14.7. The average molecular weight is 433 g/mol. The summed E-state index contributed by atoms with van der Waals surface area (Å²) in [6.07, 6.45) is 0. The second kappa shape index (κ2) is 9.02. The highest BCUT2D eigenvalue weighted by Crippen LogP contribution is 2.19. The van der Waals surface area contributed by atoms with Crippen molar-refractivity contribution in [2.24, 2.45) is 17.0 Å². The number of aromatic nitrogens is 2. The molecule has 7 heteroatoms. The lowest BCUT2D eigenvalue weighted by molar-refractivity contribution is 0.415. The van der Waals surface area contributed by atoms with Gasteiger partial charge >= 0.3 is 0 Å². The van der Waals surface area contributed by atoms with Crippen molar-refractivity contribution in [2.75, 3.05) is 7.11 Å². The fourth-order valence-electron chi connectivity index (χ4n) is 2.90. The van der Waals surface area contributed by atoms with E-state index in [-0.39, 0.29) is 0 Å². The zero-order valence-electron chi connectivity index (χ0n) is 16.6. The Morgan fingerprint density at radius 3 is 2.17 bits per heavy atom. The fourth-order valence-corrected chi connectivity index (χ4v) is 4.07. The largest absolute Gasteiger partial charge is 0.497 e. The monoisotopic (exact) mass is 432 g/mol. The topological polar surface area (TPSA) is 43.8 Å². The minimum Gasteiger partial charge on any atom is -0.497 e. The van der Waals surface area contributed by atoms with E-state index in [1.54, 1.807) is 7.11 Å². The lowest BCUT2D eigenvalue weighted by Gasteiger charge is -2.04. The van der Waals surface area contributed by atoms with Gasteiger partial charge in [0, 0.05) is 12.6 Å². The van der Waals surface area contributed by atoms with Crippen LogP contribution in [0.4, 0.5) is 5.69 Å². The van der Waals surface area contributed by atoms with Crippen molar-refractivity contribution in [1.29, 1.82) is 0 Å². The Morgan fingerprint density at radius 2 is 1.53 bits per heavy atom. The summed E-state index contributed by atoms with van der Waals surface area (Å²) in [5.41, 5.74) is 2.69. The van der Waals surface area contributed by atoms with Crippen molar-refractivity contribution in [2.45, 2.75) is 0 Å². The molecule has 0 bridgehead atoms. The summed E-state index contributed by atoms with van der Waals surface area (Å²) in [4.78, 5) is 10.5. The minimum absolute atomic E-state index is 0.613. The van der Waals surface area contributed by atoms with Crippen LogP contribution < -0.4 is 9.54 Å². The van der Waals surface area contributed by atoms with E-state index in [9.17, 15) is 0 Å². The molecular weight excluding hydrogens is 412 g/mol. The molecule has 0 saturated carbocycles. The van der Waals surface area contributed by atoms with Gasteiger partial charge in [-0.1, -0.05) is 48.5 Å². The van der Waals surface area contributed by atoms with E-state index in [0.29, 0.717) is 10.6 Å². The van der Waals surface area contributed by atoms with Crippen molar-refractivity contribution in [3.63, 3.8) is 0 Å². The number of aliphatic imine (C=N–C) groups is 1. The van der Waals surface area contributed by atoms with Gasteiger partial charge in [0.05, 0.1) is 18.5 Å². The Bertz CT molecular complexity index is 1290. The molecule has 0 saturated heterocycles. The van der Waals surface area contributed by atoms with E-state index in [1.807, 2.05) is 101 Å². The zero-order chi connectivity index (χ0) is 20.9. The molecule has 5 nitrogen and oxygen atoms in total. The number of nitrogens with zero attached hydrogens (tertiary/aromatic N) is 4. The SMILES string of the molecule is COc1ccc(N=C(N=c2sn(C)c(=S)n2-c2ccccc2)c2ccccc2)cc1. The molecule has 3 aromatic carbocycles. The Balaban J connectivity index is 1.91. The number of ether oxygens (including phenoxy) is 1. The molecule has 0 unspecified atom stereocenters. The third-order valence-corrected chi connectivity index (χ3v) is 5.88. The van der Waals surface area contributed by atoms with Gasteiger partial charge in [-0.05, 0) is 60.1 Å². The number of methoxy groups -OCH3 is 1. The van der Waals surface area contributed by atoms with E-state index < -0.39 is 0 Å². The summed E-state index contributed by atoms with van der Waals surface area (Å²) >= 11 is 7.13. The third-order valence-electron chi connectivity index (χ3n) is 4.43. The summed E-state index contributed by atoms with van der Waals surface area (Å²) in [6, 6.07) is 27.5. The first kappa shape index (κ1) is 20.0. The van der Waals surface area contributed by atoms with Gasteiger partial charge in [-0.25, -0.2) is 4.99 Å². The number of hydrogen-bond donors (Lipinski definition) is 0. The normalized spacial score (nSPS) is 12.2. The number of benzene rings is 3. The predicted molar refractivity (Wildman–Crippen MR) is 125 cm³/mol. The van der Waals surface area contributed by atoms with Crippen LogP contribution in [0.1, 0.15) is 5.56 Å². The molecule has 0 aliphatic heterocycles. The van der Waals surface area contributed by atoms with Crippen molar-refractivity contribution in [1.82, 2.24) is 8.52 Å². The average Bonchev–Trinajstić information content (AvgIpc) is 3.08. The Hall–Kier alpha value is -3.29. The summed E-state index contributed by atoms with van der Waals surface area (Å²) in [5, 5.41) is 0. The maximum atomic E-state index is 5.65. The summed E-state index contributed by atoms with van der Waals surface area (Å²) in [7, 11) is 3.59. The minimum atomic E-state index is 0.613. The van der Waals surface area contributed by atoms with Gasteiger partial charge < -0.3 is 4.74 Å². The van der Waals surface area contributed by atoms with Gasteiger partial charge in [0.15, 0.2) is 10.6 Å². The van der Waals surface area contributed by atoms with Crippen LogP contribution in [-0.2, 0) is 7.05 Å². The van der Waals surface area contributed by atoms with E-state index in [4.69, 9.17) is 26.9 Å². The molecular formula is C23H20N4OS2. The standard InChI is InChI=1S/C23H20N4OS2/c1-26-23(29)27(19-11-7-4-8-12-19)22(30-26)25-21(17-9-5-3-6-10-17)24-18-13-15-20(28-2)16-14-18/h3-16H,1-2H3. The van der Waals surface area contributed by atoms with E-state index >= 15 is 0 Å².